The molecule has 6 rings (SSSR count). The van der Waals surface area contributed by atoms with E-state index in [1.54, 1.807) is 30.3 Å². The molecule has 1 N–H and O–H groups in total. The highest BCUT2D eigenvalue weighted by Gasteiger charge is 2.40. The molecule has 2 aromatic rings. The summed E-state index contributed by atoms with van der Waals surface area (Å²) in [4.78, 5) is 66.9. The predicted octanol–water partition coefficient (Wildman–Crippen LogP) is 2.45. The minimum atomic E-state index is -0.724. The van der Waals surface area contributed by atoms with Gasteiger partial charge in [0.2, 0.25) is 11.8 Å². The number of hydrogen-bond acceptors (Lipinski definition) is 6. The fourth-order valence-electron chi connectivity index (χ4n) is 6.28. The van der Waals surface area contributed by atoms with Gasteiger partial charge in [0.15, 0.2) is 0 Å². The molecule has 1 unspecified atom stereocenters. The van der Waals surface area contributed by atoms with Crippen molar-refractivity contribution in [3.63, 3.8) is 0 Å². The van der Waals surface area contributed by atoms with E-state index < -0.39 is 17.8 Å². The van der Waals surface area contributed by atoms with Gasteiger partial charge in [0.1, 0.15) is 11.9 Å². The van der Waals surface area contributed by atoms with E-state index in [1.807, 2.05) is 0 Å². The smallest absolute Gasteiger partial charge is 0.261 e. The molecular formula is C29H29FN4O5. The first kappa shape index (κ1) is 25.4. The standard InChI is InChI=1S/C29H29FN4O5/c30-23-15-22-18(16-34(29(22)39)24-6-7-25(35)31-26(24)36)14-21(23)17-8-12-32(13-9-17)10-3-11-33-27(37)19-4-1-2-5-20(19)28(33)38/h1-2,4-5,14-15,17,24H,3,6-13,16H2,(H,31,35,36). The summed E-state index contributed by atoms with van der Waals surface area (Å²) < 4.78 is 15.2. The molecule has 202 valence electrons. The first-order valence-electron chi connectivity index (χ1n) is 13.5. The summed E-state index contributed by atoms with van der Waals surface area (Å²) in [6, 6.07) is 9.23. The summed E-state index contributed by atoms with van der Waals surface area (Å²) in [6.07, 6.45) is 2.63. The van der Waals surface area contributed by atoms with Crippen LogP contribution in [0.5, 0.6) is 0 Å². The number of likely N-dealkylation sites (tertiary alicyclic amines) is 1. The Balaban J connectivity index is 1.04. The number of carbonyl (C=O) groups is 5. The second kappa shape index (κ2) is 10.00. The van der Waals surface area contributed by atoms with Crippen molar-refractivity contribution in [2.75, 3.05) is 26.2 Å². The Morgan fingerprint density at radius 1 is 0.846 bits per heavy atom. The molecule has 10 heteroatoms. The zero-order chi connectivity index (χ0) is 27.3. The van der Waals surface area contributed by atoms with Crippen LogP contribution in [0.4, 0.5) is 4.39 Å². The minimum absolute atomic E-state index is 0.0162. The quantitative estimate of drug-likeness (QED) is 0.573. The molecule has 0 bridgehead atoms. The number of piperidine rings is 2. The van der Waals surface area contributed by atoms with Crippen LogP contribution in [0.25, 0.3) is 0 Å². The van der Waals surface area contributed by atoms with Crippen LogP contribution in [-0.4, -0.2) is 76.5 Å². The predicted molar refractivity (Wildman–Crippen MR) is 137 cm³/mol. The van der Waals surface area contributed by atoms with Gasteiger partial charge in [0.05, 0.1) is 11.1 Å². The van der Waals surface area contributed by atoms with Gasteiger partial charge in [-0.2, -0.15) is 0 Å². The van der Waals surface area contributed by atoms with Crippen LogP contribution in [-0.2, 0) is 16.1 Å². The van der Waals surface area contributed by atoms with Crippen LogP contribution in [0.1, 0.15) is 80.2 Å². The summed E-state index contributed by atoms with van der Waals surface area (Å²) in [6.45, 7) is 2.87. The summed E-state index contributed by atoms with van der Waals surface area (Å²) in [7, 11) is 0. The number of fused-ring (bicyclic) bond motifs is 2. The van der Waals surface area contributed by atoms with E-state index in [0.717, 1.165) is 32.5 Å². The number of rotatable bonds is 6. The Morgan fingerprint density at radius 2 is 1.54 bits per heavy atom. The third kappa shape index (κ3) is 4.52. The summed E-state index contributed by atoms with van der Waals surface area (Å²) in [5.74, 6) is -2.07. The lowest BCUT2D eigenvalue weighted by atomic mass is 9.87. The number of halogens is 1. The first-order chi connectivity index (χ1) is 18.8. The lowest BCUT2D eigenvalue weighted by Crippen LogP contribution is -2.52. The molecule has 9 nitrogen and oxygen atoms in total. The van der Waals surface area contributed by atoms with Gasteiger partial charge in [0, 0.05) is 25.1 Å². The fourth-order valence-corrected chi connectivity index (χ4v) is 6.28. The Labute approximate surface area is 224 Å². The first-order valence-corrected chi connectivity index (χ1v) is 13.5. The molecule has 2 fully saturated rings. The molecule has 4 heterocycles. The zero-order valence-electron chi connectivity index (χ0n) is 21.5. The molecule has 4 aliphatic heterocycles. The molecule has 0 spiro atoms. The fraction of sp³-hybridized carbons (Fsp3) is 0.414. The van der Waals surface area contributed by atoms with Crippen LogP contribution in [0.2, 0.25) is 0 Å². The highest BCUT2D eigenvalue weighted by Crippen LogP contribution is 2.35. The van der Waals surface area contributed by atoms with Crippen molar-refractivity contribution in [3.8, 4) is 0 Å². The summed E-state index contributed by atoms with van der Waals surface area (Å²) in [5, 5.41) is 2.28. The molecular weight excluding hydrogens is 503 g/mol. The van der Waals surface area contributed by atoms with Gasteiger partial charge in [0.25, 0.3) is 17.7 Å². The molecule has 5 amide bonds. The van der Waals surface area contributed by atoms with Crippen molar-refractivity contribution in [1.82, 2.24) is 20.0 Å². The van der Waals surface area contributed by atoms with Crippen molar-refractivity contribution in [1.29, 1.82) is 0 Å². The summed E-state index contributed by atoms with van der Waals surface area (Å²) in [5.41, 5.74) is 2.51. The Morgan fingerprint density at radius 3 is 2.21 bits per heavy atom. The van der Waals surface area contributed by atoms with Gasteiger partial charge in [-0.05, 0) is 80.6 Å². The number of benzene rings is 2. The molecule has 39 heavy (non-hydrogen) atoms. The van der Waals surface area contributed by atoms with Crippen molar-refractivity contribution >= 4 is 29.5 Å². The minimum Gasteiger partial charge on any atom is -0.322 e. The maximum Gasteiger partial charge on any atom is 0.261 e. The monoisotopic (exact) mass is 532 g/mol. The molecule has 4 aliphatic rings. The number of imide groups is 2. The van der Waals surface area contributed by atoms with Crippen molar-refractivity contribution < 1.29 is 28.4 Å². The number of amides is 5. The van der Waals surface area contributed by atoms with Crippen LogP contribution in [0.3, 0.4) is 0 Å². The number of carbonyl (C=O) groups excluding carboxylic acids is 5. The van der Waals surface area contributed by atoms with Crippen LogP contribution in [0, 0.1) is 5.82 Å². The summed E-state index contributed by atoms with van der Waals surface area (Å²) >= 11 is 0. The molecule has 2 aromatic carbocycles. The van der Waals surface area contributed by atoms with Gasteiger partial charge >= 0.3 is 0 Å². The van der Waals surface area contributed by atoms with Gasteiger partial charge < -0.3 is 9.80 Å². The third-order valence-electron chi connectivity index (χ3n) is 8.40. The van der Waals surface area contributed by atoms with Crippen LogP contribution < -0.4 is 5.32 Å². The molecule has 0 aromatic heterocycles. The number of nitrogens with one attached hydrogen (secondary N) is 1. The highest BCUT2D eigenvalue weighted by atomic mass is 19.1. The van der Waals surface area contributed by atoms with Crippen molar-refractivity contribution in [2.45, 2.75) is 50.6 Å². The topological polar surface area (TPSA) is 107 Å². The second-order valence-electron chi connectivity index (χ2n) is 10.7. The average Bonchev–Trinajstić information content (AvgIpc) is 3.37. The van der Waals surface area contributed by atoms with Crippen molar-refractivity contribution in [3.05, 3.63) is 70.0 Å². The molecule has 2 saturated heterocycles. The Hall–Kier alpha value is -3.92. The molecule has 1 atom stereocenters. The third-order valence-corrected chi connectivity index (χ3v) is 8.40. The Kier molecular flexibility index (Phi) is 6.50. The average molecular weight is 533 g/mol. The van der Waals surface area contributed by atoms with Crippen LogP contribution in [0.15, 0.2) is 36.4 Å². The van der Waals surface area contributed by atoms with E-state index in [4.69, 9.17) is 0 Å². The normalized spacial score (nSPS) is 22.0. The number of nitrogens with zero attached hydrogens (tertiary/aromatic N) is 3. The molecule has 0 aliphatic carbocycles. The van der Waals surface area contributed by atoms with Gasteiger partial charge in [-0.1, -0.05) is 18.2 Å². The highest BCUT2D eigenvalue weighted by molar-refractivity contribution is 6.21. The maximum atomic E-state index is 15.2. The Bertz CT molecular complexity index is 1370. The SMILES string of the molecule is O=C1CCC(N2Cc3cc(C4CCN(CCCN5C(=O)c6ccccc6C5=O)CC4)c(F)cc3C2=O)C(=O)N1. The lowest BCUT2D eigenvalue weighted by Gasteiger charge is -2.32. The molecule has 0 saturated carbocycles. The van der Waals surface area contributed by atoms with Gasteiger partial charge in [-0.3, -0.25) is 34.2 Å². The van der Waals surface area contributed by atoms with Gasteiger partial charge in [-0.15, -0.1) is 0 Å². The van der Waals surface area contributed by atoms with Crippen molar-refractivity contribution in [2.24, 2.45) is 0 Å². The maximum absolute atomic E-state index is 15.2. The van der Waals surface area contributed by atoms with E-state index >= 15 is 4.39 Å². The van der Waals surface area contributed by atoms with E-state index in [-0.39, 0.29) is 54.5 Å². The number of hydrogen-bond donors (Lipinski definition) is 1. The van der Waals surface area contributed by atoms with Crippen LogP contribution >= 0.6 is 0 Å². The second-order valence-corrected chi connectivity index (χ2v) is 10.7. The van der Waals surface area contributed by atoms with E-state index in [2.05, 4.69) is 10.2 Å². The zero-order valence-corrected chi connectivity index (χ0v) is 21.5. The van der Waals surface area contributed by atoms with E-state index in [1.165, 1.54) is 15.9 Å². The lowest BCUT2D eigenvalue weighted by molar-refractivity contribution is -0.136. The molecule has 0 radical (unpaired) electrons. The van der Waals surface area contributed by atoms with Gasteiger partial charge in [-0.25, -0.2) is 4.39 Å². The van der Waals surface area contributed by atoms with E-state index in [9.17, 15) is 24.0 Å². The largest absolute Gasteiger partial charge is 0.322 e. The van der Waals surface area contributed by atoms with E-state index in [0.29, 0.717) is 35.2 Å².